The first-order chi connectivity index (χ1) is 8.71. The van der Waals surface area contributed by atoms with Gasteiger partial charge in [0.2, 0.25) is 0 Å². The molecule has 0 amide bonds. The molecule has 1 atom stereocenters. The molecule has 1 saturated heterocycles. The van der Waals surface area contributed by atoms with Crippen molar-refractivity contribution in [2.45, 2.75) is 12.3 Å². The topological polar surface area (TPSA) is 105 Å². The Bertz CT molecular complexity index is 408. The summed E-state index contributed by atoms with van der Waals surface area (Å²) in [5.41, 5.74) is 3.00. The normalized spacial score (nSPS) is 22.1. The van der Waals surface area contributed by atoms with E-state index in [1.165, 1.54) is 6.08 Å². The lowest BCUT2D eigenvalue weighted by Gasteiger charge is -2.19. The van der Waals surface area contributed by atoms with E-state index in [-0.39, 0.29) is 5.76 Å². The molecule has 5 N–H and O–H groups in total. The van der Waals surface area contributed by atoms with Crippen molar-refractivity contribution in [2.24, 2.45) is 0 Å². The zero-order valence-electron chi connectivity index (χ0n) is 9.48. The molecule has 0 aliphatic carbocycles. The van der Waals surface area contributed by atoms with Gasteiger partial charge < -0.3 is 20.6 Å². The molecule has 1 fully saturated rings. The van der Waals surface area contributed by atoms with Crippen molar-refractivity contribution in [3.8, 4) is 0 Å². The molecule has 2 rings (SSSR count). The lowest BCUT2D eigenvalue weighted by Crippen LogP contribution is -2.36. The van der Waals surface area contributed by atoms with Gasteiger partial charge in [-0.1, -0.05) is 0 Å². The summed E-state index contributed by atoms with van der Waals surface area (Å²) in [5.74, 6) is -1.88. The van der Waals surface area contributed by atoms with Crippen molar-refractivity contribution in [3.05, 3.63) is 23.7 Å². The maximum absolute atomic E-state index is 10.6. The molecular weight excluding hydrogens is 271 g/mol. The van der Waals surface area contributed by atoms with E-state index in [2.05, 4.69) is 10.7 Å². The first-order valence-corrected chi connectivity index (χ1v) is 5.05. The molecule has 0 spiro atoms. The summed E-state index contributed by atoms with van der Waals surface area (Å²) in [4.78, 5) is 8.90. The van der Waals surface area contributed by atoms with Crippen LogP contribution >= 0.6 is 0 Å². The number of carbonyl (C=O) groups is 1. The lowest BCUT2D eigenvalue weighted by molar-refractivity contribution is -0.192. The van der Waals surface area contributed by atoms with Crippen LogP contribution < -0.4 is 10.7 Å². The van der Waals surface area contributed by atoms with Crippen molar-refractivity contribution >= 4 is 5.97 Å². The highest BCUT2D eigenvalue weighted by Gasteiger charge is 2.38. The van der Waals surface area contributed by atoms with Gasteiger partial charge in [0.05, 0.1) is 13.2 Å². The summed E-state index contributed by atoms with van der Waals surface area (Å²) in [6.45, 7) is 1.02. The Balaban J connectivity index is 0.000000224. The standard InChI is InChI=1S/C7H11N3O2.C2HF3O2/c11-5-1-2-7-8-4-9-10(7)3-6(5)12;3-2(4,5)1(6)7/h1-2,6,8-9,11-12H,3-4H2;(H,6,7). The summed E-state index contributed by atoms with van der Waals surface area (Å²) < 4.78 is 31.7. The van der Waals surface area contributed by atoms with Crippen LogP contribution in [0.15, 0.2) is 23.7 Å². The third-order valence-corrected chi connectivity index (χ3v) is 2.18. The molecule has 0 saturated carbocycles. The Morgan fingerprint density at radius 2 is 2.00 bits per heavy atom. The molecule has 108 valence electrons. The Morgan fingerprint density at radius 3 is 2.53 bits per heavy atom. The maximum atomic E-state index is 10.6. The third-order valence-electron chi connectivity index (χ3n) is 2.18. The van der Waals surface area contributed by atoms with Gasteiger partial charge in [0, 0.05) is 0 Å². The van der Waals surface area contributed by atoms with Crippen molar-refractivity contribution in [1.82, 2.24) is 15.8 Å². The molecule has 7 nitrogen and oxygen atoms in total. The van der Waals surface area contributed by atoms with E-state index in [0.717, 1.165) is 5.82 Å². The Hall–Kier alpha value is -1.94. The van der Waals surface area contributed by atoms with E-state index in [0.29, 0.717) is 13.2 Å². The van der Waals surface area contributed by atoms with Gasteiger partial charge in [-0.2, -0.15) is 13.2 Å². The maximum Gasteiger partial charge on any atom is 0.490 e. The van der Waals surface area contributed by atoms with Crippen LogP contribution in [0.2, 0.25) is 0 Å². The number of aliphatic carboxylic acids is 1. The van der Waals surface area contributed by atoms with Crippen molar-refractivity contribution in [1.29, 1.82) is 0 Å². The Morgan fingerprint density at radius 1 is 1.42 bits per heavy atom. The number of hydrazine groups is 1. The minimum atomic E-state index is -5.08. The number of carboxylic acid groups (broad SMARTS) is 1. The number of rotatable bonds is 0. The van der Waals surface area contributed by atoms with Gasteiger partial charge in [-0.05, 0) is 12.2 Å². The molecule has 0 radical (unpaired) electrons. The molecule has 0 aromatic carbocycles. The van der Waals surface area contributed by atoms with Crippen molar-refractivity contribution in [2.75, 3.05) is 13.2 Å². The molecule has 0 aromatic heterocycles. The smallest absolute Gasteiger partial charge is 0.490 e. The van der Waals surface area contributed by atoms with Gasteiger partial charge in [-0.25, -0.2) is 10.2 Å². The molecule has 1 unspecified atom stereocenters. The van der Waals surface area contributed by atoms with Crippen LogP contribution in [0.1, 0.15) is 0 Å². The highest BCUT2D eigenvalue weighted by Crippen LogP contribution is 2.13. The fourth-order valence-corrected chi connectivity index (χ4v) is 1.26. The predicted molar refractivity (Wildman–Crippen MR) is 56.3 cm³/mol. The van der Waals surface area contributed by atoms with Crippen LogP contribution in [0, 0.1) is 0 Å². The number of aliphatic hydroxyl groups excluding tert-OH is 2. The largest absolute Gasteiger partial charge is 0.509 e. The second-order valence-electron chi connectivity index (χ2n) is 3.58. The summed E-state index contributed by atoms with van der Waals surface area (Å²) >= 11 is 0. The predicted octanol–water partition coefficient (Wildman–Crippen LogP) is -0.355. The van der Waals surface area contributed by atoms with Crippen LogP contribution in [0.25, 0.3) is 0 Å². The molecule has 2 heterocycles. The van der Waals surface area contributed by atoms with Gasteiger partial charge in [-0.15, -0.1) is 0 Å². The van der Waals surface area contributed by atoms with Crippen molar-refractivity contribution in [3.63, 3.8) is 0 Å². The fraction of sp³-hybridized carbons (Fsp3) is 0.444. The van der Waals surface area contributed by atoms with E-state index in [1.54, 1.807) is 11.1 Å². The number of alkyl halides is 3. The molecule has 19 heavy (non-hydrogen) atoms. The molecular formula is C9H12F3N3O4. The van der Waals surface area contributed by atoms with Gasteiger partial charge in [0.25, 0.3) is 0 Å². The summed E-state index contributed by atoms with van der Waals surface area (Å²) in [6.07, 6.45) is -2.67. The van der Waals surface area contributed by atoms with E-state index >= 15 is 0 Å². The zero-order chi connectivity index (χ0) is 14.6. The third kappa shape index (κ3) is 4.34. The van der Waals surface area contributed by atoms with Crippen LogP contribution in [0.4, 0.5) is 13.2 Å². The number of halogens is 3. The number of nitrogens with one attached hydrogen (secondary N) is 2. The van der Waals surface area contributed by atoms with Crippen LogP contribution in [-0.4, -0.2) is 51.8 Å². The second-order valence-corrected chi connectivity index (χ2v) is 3.58. The zero-order valence-corrected chi connectivity index (χ0v) is 9.48. The van der Waals surface area contributed by atoms with Gasteiger partial charge in [-0.3, -0.25) is 5.01 Å². The number of allylic oxidation sites excluding steroid dienone is 2. The quantitative estimate of drug-likeness (QED) is 0.413. The van der Waals surface area contributed by atoms with Gasteiger partial charge in [0.15, 0.2) is 0 Å². The van der Waals surface area contributed by atoms with E-state index in [4.69, 9.17) is 9.90 Å². The Labute approximate surface area is 105 Å². The van der Waals surface area contributed by atoms with Gasteiger partial charge >= 0.3 is 12.1 Å². The SMILES string of the molecule is O=C(O)C(F)(F)F.OC1=CC=C2NCNN2CC1O. The van der Waals surface area contributed by atoms with E-state index < -0.39 is 18.2 Å². The molecule has 0 aromatic rings. The van der Waals surface area contributed by atoms with Crippen LogP contribution in [0.5, 0.6) is 0 Å². The van der Waals surface area contributed by atoms with Crippen molar-refractivity contribution < 1.29 is 33.3 Å². The molecule has 2 aliphatic rings. The minimum Gasteiger partial charge on any atom is -0.509 e. The first-order valence-electron chi connectivity index (χ1n) is 5.05. The monoisotopic (exact) mass is 283 g/mol. The number of hydrogen-bond donors (Lipinski definition) is 5. The average Bonchev–Trinajstić information content (AvgIpc) is 2.67. The highest BCUT2D eigenvalue weighted by atomic mass is 19.4. The lowest BCUT2D eigenvalue weighted by atomic mass is 10.3. The van der Waals surface area contributed by atoms with E-state index in [9.17, 15) is 23.4 Å². The molecule has 10 heteroatoms. The van der Waals surface area contributed by atoms with Crippen LogP contribution in [0.3, 0.4) is 0 Å². The number of hydrogen-bond acceptors (Lipinski definition) is 6. The summed E-state index contributed by atoms with van der Waals surface area (Å²) in [6, 6.07) is 0. The summed E-state index contributed by atoms with van der Waals surface area (Å²) in [7, 11) is 0. The first kappa shape index (κ1) is 15.1. The van der Waals surface area contributed by atoms with Crippen LogP contribution in [-0.2, 0) is 4.79 Å². The molecule has 2 aliphatic heterocycles. The minimum absolute atomic E-state index is 0.000463. The second kappa shape index (κ2) is 5.80. The fourth-order valence-electron chi connectivity index (χ4n) is 1.26. The highest BCUT2D eigenvalue weighted by molar-refractivity contribution is 5.73. The van der Waals surface area contributed by atoms with E-state index in [1.807, 2.05) is 0 Å². The summed E-state index contributed by atoms with van der Waals surface area (Å²) in [5, 5.41) is 30.5. The number of aliphatic hydroxyl groups is 2. The number of nitrogens with zero attached hydrogens (tertiary/aromatic N) is 1. The number of carboxylic acids is 1. The Kier molecular flexibility index (Phi) is 4.62. The number of fused-ring (bicyclic) bond motifs is 1. The van der Waals surface area contributed by atoms with Gasteiger partial charge in [0.1, 0.15) is 17.7 Å². The molecule has 0 bridgehead atoms. The average molecular weight is 283 g/mol.